The summed E-state index contributed by atoms with van der Waals surface area (Å²) >= 11 is 6.00. The van der Waals surface area contributed by atoms with E-state index in [-0.39, 0.29) is 11.7 Å². The predicted molar refractivity (Wildman–Crippen MR) is 102 cm³/mol. The summed E-state index contributed by atoms with van der Waals surface area (Å²) in [7, 11) is 0. The summed E-state index contributed by atoms with van der Waals surface area (Å²) < 4.78 is 0. The summed E-state index contributed by atoms with van der Waals surface area (Å²) in [6, 6.07) is 7.91. The molecule has 1 amide bonds. The van der Waals surface area contributed by atoms with Crippen molar-refractivity contribution in [3.8, 4) is 0 Å². The number of hydrogen-bond acceptors (Lipinski definition) is 2. The number of benzene rings is 1. The molecule has 0 unspecified atom stereocenters. The van der Waals surface area contributed by atoms with Gasteiger partial charge in [-0.2, -0.15) is 0 Å². The summed E-state index contributed by atoms with van der Waals surface area (Å²) in [4.78, 5) is 30.9. The number of nitrogens with one attached hydrogen (secondary N) is 1. The Hall–Kier alpha value is -2.07. The average Bonchev–Trinajstić information content (AvgIpc) is 2.99. The van der Waals surface area contributed by atoms with E-state index in [1.807, 2.05) is 36.1 Å². The van der Waals surface area contributed by atoms with Crippen LogP contribution in [0.4, 0.5) is 0 Å². The second-order valence-corrected chi connectivity index (χ2v) is 7.83. The molecule has 4 rings (SSSR count). The average molecular weight is 371 g/mol. The summed E-state index contributed by atoms with van der Waals surface area (Å²) in [5, 5.41) is 0.727. The molecule has 1 saturated heterocycles. The van der Waals surface area contributed by atoms with Crippen molar-refractivity contribution in [3.63, 3.8) is 0 Å². The van der Waals surface area contributed by atoms with Crippen molar-refractivity contribution in [2.75, 3.05) is 13.1 Å². The van der Waals surface area contributed by atoms with Gasteiger partial charge in [0, 0.05) is 41.8 Å². The van der Waals surface area contributed by atoms with Gasteiger partial charge in [-0.3, -0.25) is 9.59 Å². The number of aromatic nitrogens is 1. The Labute approximate surface area is 158 Å². The molecule has 0 saturated carbocycles. The summed E-state index contributed by atoms with van der Waals surface area (Å²) in [6.07, 6.45) is 4.29. The monoisotopic (exact) mass is 370 g/mol. The number of rotatable bonds is 2. The van der Waals surface area contributed by atoms with Crippen LogP contribution in [0.1, 0.15) is 69.3 Å². The SMILES string of the molecule is Cc1[nH]c2c(c1C(=O)N1CCC[C@@H](c3ccc(Cl)cc3)C1)C(=O)CCC2. The quantitative estimate of drug-likeness (QED) is 0.845. The lowest BCUT2D eigenvalue weighted by molar-refractivity contribution is 0.0701. The van der Waals surface area contributed by atoms with E-state index in [9.17, 15) is 9.59 Å². The summed E-state index contributed by atoms with van der Waals surface area (Å²) in [5.41, 5.74) is 4.22. The Morgan fingerprint density at radius 2 is 1.96 bits per heavy atom. The standard InChI is InChI=1S/C21H23ClN2O2/c1-13-19(20-17(23-13)5-2-6-18(20)25)21(26)24-11-3-4-15(12-24)14-7-9-16(22)10-8-14/h7-10,15,23H,2-6,11-12H2,1H3/t15-/m1/s1. The maximum absolute atomic E-state index is 13.3. The fourth-order valence-electron chi connectivity index (χ4n) is 4.33. The maximum atomic E-state index is 13.3. The van der Waals surface area contributed by atoms with E-state index >= 15 is 0 Å². The van der Waals surface area contributed by atoms with Gasteiger partial charge in [-0.05, 0) is 50.3 Å². The molecule has 2 heterocycles. The van der Waals surface area contributed by atoms with E-state index in [1.54, 1.807) is 0 Å². The Bertz CT molecular complexity index is 854. The van der Waals surface area contributed by atoms with Gasteiger partial charge in [-0.15, -0.1) is 0 Å². The van der Waals surface area contributed by atoms with Gasteiger partial charge in [-0.25, -0.2) is 0 Å². The third-order valence-corrected chi connectivity index (χ3v) is 5.89. The first kappa shape index (κ1) is 17.3. The first-order chi connectivity index (χ1) is 12.5. The first-order valence-electron chi connectivity index (χ1n) is 9.34. The number of carbonyl (C=O) groups is 2. The van der Waals surface area contributed by atoms with Gasteiger partial charge in [0.25, 0.3) is 5.91 Å². The minimum atomic E-state index is -0.00564. The summed E-state index contributed by atoms with van der Waals surface area (Å²) in [5.74, 6) is 0.412. The number of hydrogen-bond donors (Lipinski definition) is 1. The lowest BCUT2D eigenvalue weighted by Crippen LogP contribution is -2.39. The molecule has 0 spiro atoms. The van der Waals surface area contributed by atoms with Crippen LogP contribution in [0.25, 0.3) is 0 Å². The van der Waals surface area contributed by atoms with E-state index in [4.69, 9.17) is 11.6 Å². The van der Waals surface area contributed by atoms with Crippen molar-refractivity contribution in [1.82, 2.24) is 9.88 Å². The predicted octanol–water partition coefficient (Wildman–Crippen LogP) is 4.52. The van der Waals surface area contributed by atoms with Crippen LogP contribution in [0.2, 0.25) is 5.02 Å². The molecule has 2 aliphatic rings. The lowest BCUT2D eigenvalue weighted by atomic mass is 9.89. The minimum absolute atomic E-state index is 0.00564. The van der Waals surface area contributed by atoms with Crippen LogP contribution >= 0.6 is 11.6 Å². The molecular weight excluding hydrogens is 348 g/mol. The lowest BCUT2D eigenvalue weighted by Gasteiger charge is -2.33. The molecule has 0 bridgehead atoms. The fourth-order valence-corrected chi connectivity index (χ4v) is 4.46. The van der Waals surface area contributed by atoms with Gasteiger partial charge in [0.1, 0.15) is 0 Å². The number of carbonyl (C=O) groups excluding carboxylic acids is 2. The number of halogens is 1. The van der Waals surface area contributed by atoms with Gasteiger partial charge < -0.3 is 9.88 Å². The van der Waals surface area contributed by atoms with Crippen molar-refractivity contribution < 1.29 is 9.59 Å². The normalized spacial score (nSPS) is 20.2. The fraction of sp³-hybridized carbons (Fsp3) is 0.429. The zero-order chi connectivity index (χ0) is 18.3. The molecule has 5 heteroatoms. The topological polar surface area (TPSA) is 53.2 Å². The van der Waals surface area contributed by atoms with E-state index in [0.717, 1.165) is 48.6 Å². The van der Waals surface area contributed by atoms with Gasteiger partial charge in [0.15, 0.2) is 5.78 Å². The van der Waals surface area contributed by atoms with Crippen LogP contribution in [0.5, 0.6) is 0 Å². The first-order valence-corrected chi connectivity index (χ1v) is 9.71. The second kappa shape index (κ2) is 6.92. The Morgan fingerprint density at radius 3 is 2.73 bits per heavy atom. The number of piperidine rings is 1. The van der Waals surface area contributed by atoms with Crippen LogP contribution in [-0.4, -0.2) is 34.7 Å². The number of aryl methyl sites for hydroxylation is 2. The molecule has 4 nitrogen and oxygen atoms in total. The molecule has 26 heavy (non-hydrogen) atoms. The number of nitrogens with zero attached hydrogens (tertiary/aromatic N) is 1. The largest absolute Gasteiger partial charge is 0.361 e. The Kier molecular flexibility index (Phi) is 4.62. The van der Waals surface area contributed by atoms with E-state index in [0.29, 0.717) is 30.0 Å². The van der Waals surface area contributed by atoms with Crippen LogP contribution in [0, 0.1) is 6.92 Å². The number of H-pyrrole nitrogens is 1. The molecule has 1 N–H and O–H groups in total. The molecule has 1 aliphatic carbocycles. The highest BCUT2D eigenvalue weighted by Crippen LogP contribution is 2.32. The number of aromatic amines is 1. The van der Waals surface area contributed by atoms with Crippen molar-refractivity contribution >= 4 is 23.3 Å². The van der Waals surface area contributed by atoms with Crippen molar-refractivity contribution in [1.29, 1.82) is 0 Å². The van der Waals surface area contributed by atoms with Crippen molar-refractivity contribution in [2.45, 2.75) is 44.9 Å². The molecule has 1 fully saturated rings. The van der Waals surface area contributed by atoms with Crippen molar-refractivity contribution in [3.05, 3.63) is 57.4 Å². The van der Waals surface area contributed by atoms with Crippen LogP contribution in [0.3, 0.4) is 0 Å². The van der Waals surface area contributed by atoms with Gasteiger partial charge in [-0.1, -0.05) is 23.7 Å². The van der Waals surface area contributed by atoms with Gasteiger partial charge in [0.05, 0.1) is 11.1 Å². The van der Waals surface area contributed by atoms with E-state index < -0.39 is 0 Å². The highest BCUT2D eigenvalue weighted by atomic mass is 35.5. The third-order valence-electron chi connectivity index (χ3n) is 5.64. The van der Waals surface area contributed by atoms with Crippen LogP contribution in [-0.2, 0) is 6.42 Å². The van der Waals surface area contributed by atoms with Crippen LogP contribution < -0.4 is 0 Å². The molecule has 1 atom stereocenters. The highest BCUT2D eigenvalue weighted by Gasteiger charge is 2.32. The zero-order valence-electron chi connectivity index (χ0n) is 15.0. The number of Topliss-reactive ketones (excluding diaryl/α,β-unsaturated/α-hetero) is 1. The maximum Gasteiger partial charge on any atom is 0.256 e. The smallest absolute Gasteiger partial charge is 0.256 e. The molecular formula is C21H23ClN2O2. The molecule has 1 aromatic heterocycles. The van der Waals surface area contributed by atoms with Gasteiger partial charge in [0.2, 0.25) is 0 Å². The molecule has 136 valence electrons. The zero-order valence-corrected chi connectivity index (χ0v) is 15.7. The number of likely N-dealkylation sites (tertiary alicyclic amines) is 1. The second-order valence-electron chi connectivity index (χ2n) is 7.40. The molecule has 1 aromatic carbocycles. The summed E-state index contributed by atoms with van der Waals surface area (Å²) in [6.45, 7) is 3.34. The van der Waals surface area contributed by atoms with Crippen molar-refractivity contribution in [2.24, 2.45) is 0 Å². The number of amides is 1. The van der Waals surface area contributed by atoms with Crippen LogP contribution in [0.15, 0.2) is 24.3 Å². The third kappa shape index (κ3) is 3.07. The molecule has 1 aliphatic heterocycles. The Morgan fingerprint density at radius 1 is 1.19 bits per heavy atom. The van der Waals surface area contributed by atoms with Gasteiger partial charge >= 0.3 is 0 Å². The van der Waals surface area contributed by atoms with E-state index in [2.05, 4.69) is 4.98 Å². The number of ketones is 1. The molecule has 2 aromatic rings. The number of fused-ring (bicyclic) bond motifs is 1. The van der Waals surface area contributed by atoms with E-state index in [1.165, 1.54) is 5.56 Å². The highest BCUT2D eigenvalue weighted by molar-refractivity contribution is 6.30. The Balaban J connectivity index is 1.60. The minimum Gasteiger partial charge on any atom is -0.361 e. The molecule has 0 radical (unpaired) electrons.